The van der Waals surface area contributed by atoms with Crippen molar-refractivity contribution in [3.05, 3.63) is 78.4 Å². The number of sulfonamides is 1. The molecule has 4 aromatic rings. The van der Waals surface area contributed by atoms with E-state index >= 15 is 0 Å². The molecule has 1 heterocycles. The van der Waals surface area contributed by atoms with Crippen LogP contribution in [0.2, 0.25) is 0 Å². The van der Waals surface area contributed by atoms with Gasteiger partial charge in [-0.05, 0) is 55.0 Å². The maximum Gasteiger partial charge on any atom is 0.263 e. The fourth-order valence-electron chi connectivity index (χ4n) is 2.94. The first kappa shape index (κ1) is 19.6. The Morgan fingerprint density at radius 3 is 2.17 bits per heavy atom. The number of hydrogen-bond donors (Lipinski definition) is 4. The molecule has 0 spiro atoms. The number of fused-ring (bicyclic) bond motifs is 1. The number of para-hydroxylation sites is 2. The molecule has 8 nitrogen and oxygen atoms in total. The van der Waals surface area contributed by atoms with Crippen molar-refractivity contribution >= 4 is 44.1 Å². The Bertz CT molecular complexity index is 1330. The van der Waals surface area contributed by atoms with Gasteiger partial charge in [0.15, 0.2) is 11.6 Å². The van der Waals surface area contributed by atoms with Crippen LogP contribution in [0.1, 0.15) is 5.56 Å². The van der Waals surface area contributed by atoms with Gasteiger partial charge in [-0.3, -0.25) is 15.4 Å². The number of nitrogens with zero attached hydrogens (tertiary/aromatic N) is 2. The first-order valence-electron chi connectivity index (χ1n) is 9.08. The standard InChI is InChI=1S/C21H19N5O3S/c1-14-6-4-7-15(12-14)22-20-21(24-19-11-3-2-10-18(19)23-20)26-30(28,29)17-9-5-8-16(13-17)25-27/h2-13,25,27H,1H3,(H,22,23)(H,24,26). The summed E-state index contributed by atoms with van der Waals surface area (Å²) in [5, 5.41) is 12.2. The Kier molecular flexibility index (Phi) is 5.21. The van der Waals surface area contributed by atoms with E-state index in [2.05, 4.69) is 20.0 Å². The van der Waals surface area contributed by atoms with Crippen LogP contribution in [0, 0.1) is 6.92 Å². The summed E-state index contributed by atoms with van der Waals surface area (Å²) < 4.78 is 28.4. The molecule has 4 rings (SSSR count). The van der Waals surface area contributed by atoms with Gasteiger partial charge in [0.1, 0.15) is 0 Å². The van der Waals surface area contributed by atoms with Gasteiger partial charge in [-0.2, -0.15) is 0 Å². The second-order valence-electron chi connectivity index (χ2n) is 6.65. The molecule has 0 amide bonds. The third kappa shape index (κ3) is 4.17. The van der Waals surface area contributed by atoms with Crippen molar-refractivity contribution in [3.63, 3.8) is 0 Å². The monoisotopic (exact) mass is 421 g/mol. The molecule has 1 aromatic heterocycles. The number of anilines is 4. The molecular weight excluding hydrogens is 402 g/mol. The lowest BCUT2D eigenvalue weighted by molar-refractivity contribution is 0.388. The molecule has 0 bridgehead atoms. The normalized spacial score (nSPS) is 11.3. The summed E-state index contributed by atoms with van der Waals surface area (Å²) in [7, 11) is -3.98. The molecule has 0 atom stereocenters. The van der Waals surface area contributed by atoms with E-state index in [9.17, 15) is 8.42 Å². The van der Waals surface area contributed by atoms with Crippen LogP contribution < -0.4 is 15.5 Å². The number of hydrogen-bond acceptors (Lipinski definition) is 7. The largest absolute Gasteiger partial charge is 0.337 e. The van der Waals surface area contributed by atoms with Crippen molar-refractivity contribution in [2.24, 2.45) is 0 Å². The second kappa shape index (κ2) is 7.97. The van der Waals surface area contributed by atoms with Gasteiger partial charge < -0.3 is 5.32 Å². The highest BCUT2D eigenvalue weighted by molar-refractivity contribution is 7.92. The molecule has 0 saturated carbocycles. The fraction of sp³-hybridized carbons (Fsp3) is 0.0476. The van der Waals surface area contributed by atoms with Gasteiger partial charge >= 0.3 is 0 Å². The highest BCUT2D eigenvalue weighted by atomic mass is 32.2. The zero-order valence-electron chi connectivity index (χ0n) is 16.0. The van der Waals surface area contributed by atoms with Crippen LogP contribution in [0.5, 0.6) is 0 Å². The molecule has 0 aliphatic carbocycles. The Hall–Kier alpha value is -3.69. The molecule has 30 heavy (non-hydrogen) atoms. The van der Waals surface area contributed by atoms with Crippen LogP contribution >= 0.6 is 0 Å². The van der Waals surface area contributed by atoms with E-state index in [4.69, 9.17) is 5.21 Å². The molecule has 152 valence electrons. The Morgan fingerprint density at radius 2 is 1.47 bits per heavy atom. The van der Waals surface area contributed by atoms with Crippen LogP contribution in [0.15, 0.2) is 77.7 Å². The number of benzene rings is 3. The quantitative estimate of drug-likeness (QED) is 0.343. The lowest BCUT2D eigenvalue weighted by atomic mass is 10.2. The summed E-state index contributed by atoms with van der Waals surface area (Å²) in [6, 6.07) is 20.6. The first-order chi connectivity index (χ1) is 14.4. The molecular formula is C21H19N5O3S. The van der Waals surface area contributed by atoms with E-state index in [0.29, 0.717) is 11.0 Å². The lowest BCUT2D eigenvalue weighted by Crippen LogP contribution is -2.16. The average Bonchev–Trinajstić information content (AvgIpc) is 2.74. The summed E-state index contributed by atoms with van der Waals surface area (Å²) in [5.74, 6) is 0.344. The first-order valence-corrected chi connectivity index (χ1v) is 10.6. The van der Waals surface area contributed by atoms with Crippen molar-refractivity contribution in [1.82, 2.24) is 9.97 Å². The fourth-order valence-corrected chi connectivity index (χ4v) is 3.99. The van der Waals surface area contributed by atoms with Crippen molar-refractivity contribution in [1.29, 1.82) is 0 Å². The van der Waals surface area contributed by atoms with Crippen molar-refractivity contribution in [2.45, 2.75) is 11.8 Å². The smallest absolute Gasteiger partial charge is 0.263 e. The molecule has 0 aliphatic rings. The van der Waals surface area contributed by atoms with Crippen molar-refractivity contribution in [3.8, 4) is 0 Å². The number of nitrogens with one attached hydrogen (secondary N) is 3. The number of aromatic nitrogens is 2. The molecule has 3 aromatic carbocycles. The van der Waals surface area contributed by atoms with Gasteiger partial charge in [-0.1, -0.05) is 30.3 Å². The summed E-state index contributed by atoms with van der Waals surface area (Å²) >= 11 is 0. The van der Waals surface area contributed by atoms with Crippen molar-refractivity contribution in [2.75, 3.05) is 15.5 Å². The van der Waals surface area contributed by atoms with E-state index < -0.39 is 10.0 Å². The summed E-state index contributed by atoms with van der Waals surface area (Å²) in [6.45, 7) is 1.96. The van der Waals surface area contributed by atoms with E-state index in [-0.39, 0.29) is 22.2 Å². The lowest BCUT2D eigenvalue weighted by Gasteiger charge is -2.14. The molecule has 9 heteroatoms. The number of aryl methyl sites for hydroxylation is 1. The van der Waals surface area contributed by atoms with Crippen LogP contribution in [0.4, 0.5) is 23.0 Å². The zero-order valence-corrected chi connectivity index (χ0v) is 16.8. The number of rotatable bonds is 6. The molecule has 0 radical (unpaired) electrons. The van der Waals surface area contributed by atoms with Crippen LogP contribution in [-0.4, -0.2) is 23.6 Å². The van der Waals surface area contributed by atoms with Crippen LogP contribution in [0.3, 0.4) is 0 Å². The minimum absolute atomic E-state index is 0.0296. The van der Waals surface area contributed by atoms with Gasteiger partial charge in [-0.25, -0.2) is 18.4 Å². The van der Waals surface area contributed by atoms with E-state index in [1.165, 1.54) is 18.2 Å². The van der Waals surface area contributed by atoms with Crippen LogP contribution in [-0.2, 0) is 10.0 Å². The highest BCUT2D eigenvalue weighted by Crippen LogP contribution is 2.27. The van der Waals surface area contributed by atoms with E-state index in [1.807, 2.05) is 42.7 Å². The van der Waals surface area contributed by atoms with Gasteiger partial charge in [0.2, 0.25) is 0 Å². The predicted octanol–water partition coefficient (Wildman–Crippen LogP) is 4.28. The topological polar surface area (TPSA) is 116 Å². The third-order valence-electron chi connectivity index (χ3n) is 4.36. The zero-order chi connectivity index (χ0) is 21.1. The third-order valence-corrected chi connectivity index (χ3v) is 5.69. The maximum atomic E-state index is 12.9. The second-order valence-corrected chi connectivity index (χ2v) is 8.33. The van der Waals surface area contributed by atoms with Gasteiger partial charge in [0.25, 0.3) is 10.0 Å². The SMILES string of the molecule is Cc1cccc(Nc2nc3ccccc3nc2NS(=O)(=O)c2cccc(NO)c2)c1. The molecule has 0 aliphatic heterocycles. The summed E-state index contributed by atoms with van der Waals surface area (Å²) in [6.07, 6.45) is 0. The van der Waals surface area contributed by atoms with Gasteiger partial charge in [-0.15, -0.1) is 0 Å². The van der Waals surface area contributed by atoms with Crippen LogP contribution in [0.25, 0.3) is 11.0 Å². The van der Waals surface area contributed by atoms with Gasteiger partial charge in [0, 0.05) is 5.69 Å². The Morgan fingerprint density at radius 1 is 0.800 bits per heavy atom. The highest BCUT2D eigenvalue weighted by Gasteiger charge is 2.19. The Balaban J connectivity index is 1.78. The minimum Gasteiger partial charge on any atom is -0.337 e. The molecule has 0 fully saturated rings. The molecule has 4 N–H and O–H groups in total. The average molecular weight is 421 g/mol. The van der Waals surface area contributed by atoms with Gasteiger partial charge in [0.05, 0.1) is 21.6 Å². The van der Waals surface area contributed by atoms with Crippen molar-refractivity contribution < 1.29 is 13.6 Å². The van der Waals surface area contributed by atoms with E-state index in [1.54, 1.807) is 24.3 Å². The minimum atomic E-state index is -3.98. The Labute approximate surface area is 173 Å². The predicted molar refractivity (Wildman–Crippen MR) is 117 cm³/mol. The molecule has 0 saturated heterocycles. The summed E-state index contributed by atoms with van der Waals surface area (Å²) in [4.78, 5) is 9.00. The van der Waals surface area contributed by atoms with E-state index in [0.717, 1.165) is 11.3 Å². The maximum absolute atomic E-state index is 12.9. The molecule has 0 unspecified atom stereocenters. The summed E-state index contributed by atoms with van der Waals surface area (Å²) in [5.41, 5.74) is 5.17.